The molecule has 0 bridgehead atoms. The number of nitrogens with one attached hydrogen (secondary N) is 3. The fraction of sp³-hybridized carbons (Fsp3) is 0.346. The van der Waals surface area contributed by atoms with Gasteiger partial charge in [-0.05, 0) is 60.1 Å². The molecule has 1 unspecified atom stereocenters. The molecule has 2 heterocycles. The van der Waals surface area contributed by atoms with Gasteiger partial charge in [0.05, 0.1) is 6.42 Å². The molecule has 5 amide bonds. The largest absolute Gasteiger partial charge is 0.387 e. The smallest absolute Gasteiger partial charge is 0.255 e. The summed E-state index contributed by atoms with van der Waals surface area (Å²) >= 11 is 0. The third-order valence-corrected chi connectivity index (χ3v) is 6.72. The second kappa shape index (κ2) is 9.54. The van der Waals surface area contributed by atoms with E-state index in [0.717, 1.165) is 24.0 Å². The van der Waals surface area contributed by atoms with Gasteiger partial charge >= 0.3 is 0 Å². The van der Waals surface area contributed by atoms with Crippen molar-refractivity contribution in [2.24, 2.45) is 0 Å². The first kappa shape index (κ1) is 23.7. The highest BCUT2D eigenvalue weighted by Gasteiger charge is 2.39. The minimum atomic E-state index is -0.687. The molecule has 3 aliphatic rings. The molecule has 1 saturated carbocycles. The number of benzene rings is 2. The van der Waals surface area contributed by atoms with Gasteiger partial charge < -0.3 is 20.6 Å². The van der Waals surface area contributed by atoms with Gasteiger partial charge in [-0.3, -0.25) is 29.3 Å². The van der Waals surface area contributed by atoms with Crippen LogP contribution in [-0.4, -0.2) is 52.2 Å². The predicted molar refractivity (Wildman–Crippen MR) is 129 cm³/mol. The first-order valence-electron chi connectivity index (χ1n) is 11.9. The van der Waals surface area contributed by atoms with E-state index in [1.807, 2.05) is 6.07 Å². The summed E-state index contributed by atoms with van der Waals surface area (Å²) in [5, 5.41) is 16.9. The lowest BCUT2D eigenvalue weighted by atomic mass is 10.0. The van der Waals surface area contributed by atoms with Crippen molar-refractivity contribution in [3.05, 3.63) is 58.7 Å². The molecule has 2 aliphatic heterocycles. The third kappa shape index (κ3) is 4.85. The minimum absolute atomic E-state index is 0.0720. The number of anilines is 2. The van der Waals surface area contributed by atoms with E-state index in [-0.39, 0.29) is 37.1 Å². The summed E-state index contributed by atoms with van der Waals surface area (Å²) in [6, 6.07) is 9.85. The summed E-state index contributed by atoms with van der Waals surface area (Å²) in [5.41, 5.74) is 4.03. The molecule has 2 aromatic rings. The molecular formula is C26H26N4O6. The number of aliphatic hydroxyl groups is 1. The average molecular weight is 491 g/mol. The molecule has 5 rings (SSSR count). The van der Waals surface area contributed by atoms with E-state index in [1.54, 1.807) is 30.3 Å². The van der Waals surface area contributed by atoms with Gasteiger partial charge in [-0.25, -0.2) is 0 Å². The van der Waals surface area contributed by atoms with E-state index in [0.29, 0.717) is 34.8 Å². The molecule has 1 aliphatic carbocycles. The number of piperidine rings is 1. The van der Waals surface area contributed by atoms with Crippen LogP contribution in [0.2, 0.25) is 0 Å². The highest BCUT2D eigenvalue weighted by molar-refractivity contribution is 6.05. The van der Waals surface area contributed by atoms with Crippen molar-refractivity contribution >= 4 is 40.9 Å². The maximum atomic E-state index is 12.8. The maximum Gasteiger partial charge on any atom is 0.255 e. The van der Waals surface area contributed by atoms with Crippen molar-refractivity contribution in [2.45, 2.75) is 50.6 Å². The lowest BCUT2D eigenvalue weighted by Crippen LogP contribution is -2.52. The highest BCUT2D eigenvalue weighted by atomic mass is 16.3. The van der Waals surface area contributed by atoms with Gasteiger partial charge in [0.2, 0.25) is 23.6 Å². The van der Waals surface area contributed by atoms with Crippen LogP contribution in [0.1, 0.15) is 58.6 Å². The Balaban J connectivity index is 1.25. The van der Waals surface area contributed by atoms with Gasteiger partial charge in [-0.2, -0.15) is 0 Å². The molecule has 1 atom stereocenters. The molecule has 0 aromatic heterocycles. The van der Waals surface area contributed by atoms with Gasteiger partial charge in [-0.15, -0.1) is 0 Å². The molecule has 1 saturated heterocycles. The number of fused-ring (bicyclic) bond motifs is 1. The second-order valence-electron chi connectivity index (χ2n) is 9.40. The summed E-state index contributed by atoms with van der Waals surface area (Å²) in [6.07, 6.45) is 2.63. The Hall–Kier alpha value is -4.05. The Morgan fingerprint density at radius 2 is 1.81 bits per heavy atom. The quantitative estimate of drug-likeness (QED) is 0.432. The molecule has 36 heavy (non-hydrogen) atoms. The van der Waals surface area contributed by atoms with Crippen LogP contribution in [0.25, 0.3) is 0 Å². The maximum absolute atomic E-state index is 12.8. The normalized spacial score (nSPS) is 19.1. The number of amides is 5. The number of rotatable bonds is 7. The highest BCUT2D eigenvalue weighted by Crippen LogP contribution is 2.44. The molecule has 10 heteroatoms. The van der Waals surface area contributed by atoms with E-state index in [1.165, 1.54) is 4.90 Å². The Kier molecular flexibility index (Phi) is 6.27. The Morgan fingerprint density at radius 1 is 1.00 bits per heavy atom. The number of nitrogens with zero attached hydrogens (tertiary/aromatic N) is 1. The topological polar surface area (TPSA) is 145 Å². The number of imide groups is 1. The lowest BCUT2D eigenvalue weighted by Gasteiger charge is -2.29. The van der Waals surface area contributed by atoms with E-state index >= 15 is 0 Å². The zero-order valence-corrected chi connectivity index (χ0v) is 19.5. The van der Waals surface area contributed by atoms with Crippen molar-refractivity contribution in [3.8, 4) is 0 Å². The summed E-state index contributed by atoms with van der Waals surface area (Å²) in [7, 11) is 0. The number of hydrogen-bond donors (Lipinski definition) is 4. The summed E-state index contributed by atoms with van der Waals surface area (Å²) < 4.78 is 0. The number of carbonyl (C=O) groups is 5. The summed E-state index contributed by atoms with van der Waals surface area (Å²) in [6.45, 7) is -0.380. The second-order valence-corrected chi connectivity index (χ2v) is 9.40. The van der Waals surface area contributed by atoms with Gasteiger partial charge in [0.15, 0.2) is 0 Å². The van der Waals surface area contributed by atoms with E-state index < -0.39 is 24.5 Å². The SMILES string of the molecule is O=C1CCC(N2Cc3cc(CC(=O)Nc4ccc(C5CC5)c(NC(=O)CO)c4)ccc3C2=O)C(=O)N1. The fourth-order valence-corrected chi connectivity index (χ4v) is 4.81. The summed E-state index contributed by atoms with van der Waals surface area (Å²) in [5.74, 6) is -1.46. The van der Waals surface area contributed by atoms with Crippen LogP contribution in [0.5, 0.6) is 0 Å². The summed E-state index contributed by atoms with van der Waals surface area (Å²) in [4.78, 5) is 62.4. The van der Waals surface area contributed by atoms with Crippen molar-refractivity contribution in [2.75, 3.05) is 17.2 Å². The Labute approximate surface area is 207 Å². The molecule has 186 valence electrons. The van der Waals surface area contributed by atoms with Crippen LogP contribution in [-0.2, 0) is 32.1 Å². The van der Waals surface area contributed by atoms with Crippen molar-refractivity contribution in [3.63, 3.8) is 0 Å². The molecule has 10 nitrogen and oxygen atoms in total. The van der Waals surface area contributed by atoms with Gasteiger partial charge in [0, 0.05) is 29.9 Å². The first-order chi connectivity index (χ1) is 17.3. The standard InChI is InChI=1S/C26H26N4O6/c31-13-24(34)28-20-11-17(4-6-18(20)15-2-3-15)27-23(33)10-14-1-5-19-16(9-14)12-30(26(19)36)21-7-8-22(32)29-25(21)35/h1,4-6,9,11,15,21,31H,2-3,7-8,10,12-13H2,(H,27,33)(H,28,34)(H,29,32,35). The van der Waals surface area contributed by atoms with E-state index in [2.05, 4.69) is 16.0 Å². The number of hydrogen-bond acceptors (Lipinski definition) is 6. The first-order valence-corrected chi connectivity index (χ1v) is 11.9. The van der Waals surface area contributed by atoms with Gasteiger partial charge in [0.25, 0.3) is 5.91 Å². The molecule has 0 spiro atoms. The van der Waals surface area contributed by atoms with Gasteiger partial charge in [0.1, 0.15) is 12.6 Å². The van der Waals surface area contributed by atoms with E-state index in [9.17, 15) is 24.0 Å². The Bertz CT molecular complexity index is 1290. The van der Waals surface area contributed by atoms with Crippen LogP contribution in [0, 0.1) is 0 Å². The van der Waals surface area contributed by atoms with Crippen molar-refractivity contribution < 1.29 is 29.1 Å². The lowest BCUT2D eigenvalue weighted by molar-refractivity contribution is -0.137. The average Bonchev–Trinajstić information content (AvgIpc) is 3.63. The van der Waals surface area contributed by atoms with Crippen LogP contribution >= 0.6 is 0 Å². The molecule has 4 N–H and O–H groups in total. The minimum Gasteiger partial charge on any atom is -0.387 e. The third-order valence-electron chi connectivity index (χ3n) is 6.72. The van der Waals surface area contributed by atoms with E-state index in [4.69, 9.17) is 5.11 Å². The van der Waals surface area contributed by atoms with Crippen LogP contribution < -0.4 is 16.0 Å². The predicted octanol–water partition coefficient (Wildman–Crippen LogP) is 1.44. The zero-order valence-electron chi connectivity index (χ0n) is 19.5. The van der Waals surface area contributed by atoms with Crippen LogP contribution in [0.3, 0.4) is 0 Å². The zero-order chi connectivity index (χ0) is 25.4. The van der Waals surface area contributed by atoms with Crippen molar-refractivity contribution in [1.82, 2.24) is 10.2 Å². The van der Waals surface area contributed by atoms with Gasteiger partial charge in [-0.1, -0.05) is 18.2 Å². The Morgan fingerprint density at radius 3 is 2.53 bits per heavy atom. The molecular weight excluding hydrogens is 464 g/mol. The van der Waals surface area contributed by atoms with Crippen LogP contribution in [0.15, 0.2) is 36.4 Å². The monoisotopic (exact) mass is 490 g/mol. The molecule has 2 aromatic carbocycles. The molecule has 0 radical (unpaired) electrons. The van der Waals surface area contributed by atoms with Crippen LogP contribution in [0.4, 0.5) is 11.4 Å². The van der Waals surface area contributed by atoms with Crippen molar-refractivity contribution in [1.29, 1.82) is 0 Å². The number of aliphatic hydroxyl groups excluding tert-OH is 1. The fourth-order valence-electron chi connectivity index (χ4n) is 4.81. The molecule has 2 fully saturated rings. The number of carbonyl (C=O) groups excluding carboxylic acids is 5.